The van der Waals surface area contributed by atoms with Crippen molar-refractivity contribution >= 4 is 0 Å². The van der Waals surface area contributed by atoms with Crippen molar-refractivity contribution in [3.05, 3.63) is 17.5 Å². The van der Waals surface area contributed by atoms with Crippen molar-refractivity contribution in [3.63, 3.8) is 0 Å². The number of hydrogen-bond acceptors (Lipinski definition) is 3. The van der Waals surface area contributed by atoms with Crippen LogP contribution in [0.2, 0.25) is 0 Å². The van der Waals surface area contributed by atoms with Gasteiger partial charge in [-0.3, -0.25) is 4.68 Å². The van der Waals surface area contributed by atoms with Gasteiger partial charge in [0.25, 0.3) is 0 Å². The molecule has 0 atom stereocenters. The van der Waals surface area contributed by atoms with Crippen molar-refractivity contribution in [2.75, 3.05) is 19.8 Å². The number of ether oxygens (including phenoxy) is 1. The molecule has 7 heteroatoms. The molecule has 0 aliphatic heterocycles. The highest BCUT2D eigenvalue weighted by atomic mass is 19.4. The molecule has 1 heterocycles. The molecule has 0 fully saturated rings. The van der Waals surface area contributed by atoms with Crippen LogP contribution in [0.15, 0.2) is 6.20 Å². The molecule has 1 aromatic rings. The summed E-state index contributed by atoms with van der Waals surface area (Å²) in [6, 6.07) is 0. The first kappa shape index (κ1) is 15.0. The minimum absolute atomic E-state index is 0.110. The molecular formula is C11H18F3N3O. The second kappa shape index (κ2) is 6.75. The first-order chi connectivity index (χ1) is 8.38. The maximum absolute atomic E-state index is 11.7. The van der Waals surface area contributed by atoms with Gasteiger partial charge in [0.2, 0.25) is 0 Å². The van der Waals surface area contributed by atoms with Gasteiger partial charge in [-0.05, 0) is 19.9 Å². The van der Waals surface area contributed by atoms with E-state index in [1.165, 1.54) is 0 Å². The van der Waals surface area contributed by atoms with E-state index in [1.807, 2.05) is 20.2 Å². The third-order valence-electron chi connectivity index (χ3n) is 2.34. The number of halogens is 3. The predicted molar refractivity (Wildman–Crippen MR) is 61.1 cm³/mol. The lowest BCUT2D eigenvalue weighted by Crippen LogP contribution is -2.20. The Morgan fingerprint density at radius 1 is 1.44 bits per heavy atom. The van der Waals surface area contributed by atoms with Gasteiger partial charge in [-0.1, -0.05) is 0 Å². The van der Waals surface area contributed by atoms with Gasteiger partial charge in [-0.2, -0.15) is 18.3 Å². The van der Waals surface area contributed by atoms with E-state index in [9.17, 15) is 13.2 Å². The smallest absolute Gasteiger partial charge is 0.372 e. The highest BCUT2D eigenvalue weighted by molar-refractivity contribution is 5.14. The van der Waals surface area contributed by atoms with E-state index in [1.54, 1.807) is 4.68 Å². The summed E-state index contributed by atoms with van der Waals surface area (Å²) in [7, 11) is 1.85. The van der Waals surface area contributed by atoms with Gasteiger partial charge >= 0.3 is 6.18 Å². The molecule has 0 aromatic carbocycles. The lowest BCUT2D eigenvalue weighted by atomic mass is 10.2. The second-order valence-corrected chi connectivity index (χ2v) is 4.11. The highest BCUT2D eigenvalue weighted by Crippen LogP contribution is 2.14. The zero-order valence-corrected chi connectivity index (χ0v) is 10.5. The quantitative estimate of drug-likeness (QED) is 0.764. The molecule has 1 aromatic heterocycles. The van der Waals surface area contributed by atoms with Crippen molar-refractivity contribution in [2.45, 2.75) is 26.1 Å². The second-order valence-electron chi connectivity index (χ2n) is 4.11. The van der Waals surface area contributed by atoms with Crippen molar-refractivity contribution in [3.8, 4) is 0 Å². The van der Waals surface area contributed by atoms with Crippen LogP contribution in [0.3, 0.4) is 0 Å². The molecule has 0 spiro atoms. The molecule has 104 valence electrons. The molecule has 0 saturated carbocycles. The van der Waals surface area contributed by atoms with E-state index in [-0.39, 0.29) is 6.61 Å². The topological polar surface area (TPSA) is 39.1 Å². The highest BCUT2D eigenvalue weighted by Gasteiger charge is 2.27. The van der Waals surface area contributed by atoms with Gasteiger partial charge < -0.3 is 10.1 Å². The van der Waals surface area contributed by atoms with Crippen molar-refractivity contribution in [2.24, 2.45) is 7.05 Å². The van der Waals surface area contributed by atoms with Crippen LogP contribution >= 0.6 is 0 Å². The molecule has 4 nitrogen and oxygen atoms in total. The number of aryl methyl sites for hydroxylation is 2. The Hall–Kier alpha value is -1.08. The Labute approximate surface area is 104 Å². The molecule has 0 radical (unpaired) electrons. The Bertz CT molecular complexity index is 363. The lowest BCUT2D eigenvalue weighted by Gasteiger charge is -2.07. The summed E-state index contributed by atoms with van der Waals surface area (Å²) in [6.45, 7) is 2.14. The summed E-state index contributed by atoms with van der Waals surface area (Å²) >= 11 is 0. The summed E-state index contributed by atoms with van der Waals surface area (Å²) in [5, 5.41) is 7.33. The zero-order valence-electron chi connectivity index (χ0n) is 10.5. The van der Waals surface area contributed by atoms with Gasteiger partial charge in [-0.25, -0.2) is 0 Å². The Kier molecular flexibility index (Phi) is 5.61. The average molecular weight is 265 g/mol. The van der Waals surface area contributed by atoms with Gasteiger partial charge in [0.1, 0.15) is 6.61 Å². The van der Waals surface area contributed by atoms with Crippen molar-refractivity contribution in [1.82, 2.24) is 15.1 Å². The molecule has 1 N–H and O–H groups in total. The monoisotopic (exact) mass is 265 g/mol. The van der Waals surface area contributed by atoms with Crippen LogP contribution in [0.25, 0.3) is 0 Å². The third-order valence-corrected chi connectivity index (χ3v) is 2.34. The zero-order chi connectivity index (χ0) is 13.6. The molecule has 0 unspecified atom stereocenters. The molecule has 0 saturated heterocycles. The largest absolute Gasteiger partial charge is 0.411 e. The summed E-state index contributed by atoms with van der Waals surface area (Å²) in [5.41, 5.74) is 2.05. The number of nitrogens with zero attached hydrogens (tertiary/aromatic N) is 2. The van der Waals surface area contributed by atoms with Crippen molar-refractivity contribution in [1.29, 1.82) is 0 Å². The Morgan fingerprint density at radius 3 is 2.72 bits per heavy atom. The Balaban J connectivity index is 2.04. The molecular weight excluding hydrogens is 247 g/mol. The Morgan fingerprint density at radius 2 is 2.17 bits per heavy atom. The summed E-state index contributed by atoms with van der Waals surface area (Å²) in [5.74, 6) is 0. The van der Waals surface area contributed by atoms with Gasteiger partial charge in [0.15, 0.2) is 0 Å². The van der Waals surface area contributed by atoms with E-state index in [0.29, 0.717) is 19.5 Å². The van der Waals surface area contributed by atoms with Crippen LogP contribution in [0, 0.1) is 6.92 Å². The van der Waals surface area contributed by atoms with E-state index in [4.69, 9.17) is 0 Å². The van der Waals surface area contributed by atoms with Crippen LogP contribution in [0.5, 0.6) is 0 Å². The number of nitrogens with one attached hydrogen (secondary N) is 1. The van der Waals surface area contributed by atoms with Gasteiger partial charge in [0, 0.05) is 32.0 Å². The SMILES string of the molecule is Cc1nn(C)cc1CNCCCOCC(F)(F)F. The van der Waals surface area contributed by atoms with Crippen LogP contribution in [-0.2, 0) is 18.3 Å². The predicted octanol–water partition coefficient (Wildman–Crippen LogP) is 1.79. The fourth-order valence-electron chi connectivity index (χ4n) is 1.53. The fourth-order valence-corrected chi connectivity index (χ4v) is 1.53. The molecule has 0 amide bonds. The van der Waals surface area contributed by atoms with Crippen LogP contribution in [0.4, 0.5) is 13.2 Å². The van der Waals surface area contributed by atoms with E-state index >= 15 is 0 Å². The summed E-state index contributed by atoms with van der Waals surface area (Å²) in [4.78, 5) is 0. The van der Waals surface area contributed by atoms with Crippen LogP contribution < -0.4 is 5.32 Å². The molecule has 18 heavy (non-hydrogen) atoms. The normalized spacial score (nSPS) is 12.1. The first-order valence-electron chi connectivity index (χ1n) is 5.73. The number of rotatable bonds is 7. The van der Waals surface area contributed by atoms with Gasteiger partial charge in [-0.15, -0.1) is 0 Å². The van der Waals surface area contributed by atoms with Crippen LogP contribution in [0.1, 0.15) is 17.7 Å². The fraction of sp³-hybridized carbons (Fsp3) is 0.727. The van der Waals surface area contributed by atoms with E-state index < -0.39 is 12.8 Å². The molecule has 0 aliphatic carbocycles. The summed E-state index contributed by atoms with van der Waals surface area (Å²) in [6.07, 6.45) is -1.77. The number of alkyl halides is 3. The minimum atomic E-state index is -4.24. The maximum atomic E-state index is 11.7. The van der Waals surface area contributed by atoms with Crippen molar-refractivity contribution < 1.29 is 17.9 Å². The first-order valence-corrected chi connectivity index (χ1v) is 5.73. The maximum Gasteiger partial charge on any atom is 0.411 e. The number of aromatic nitrogens is 2. The standard InChI is InChI=1S/C11H18F3N3O/c1-9-10(7-17(2)16-9)6-15-4-3-5-18-8-11(12,13)14/h7,15H,3-6,8H2,1-2H3. The molecule has 1 rings (SSSR count). The third kappa shape index (κ3) is 6.02. The lowest BCUT2D eigenvalue weighted by molar-refractivity contribution is -0.173. The minimum Gasteiger partial charge on any atom is -0.372 e. The number of hydrogen-bond donors (Lipinski definition) is 1. The average Bonchev–Trinajstić information content (AvgIpc) is 2.54. The van der Waals surface area contributed by atoms with Crippen LogP contribution in [-0.4, -0.2) is 35.7 Å². The molecule has 0 bridgehead atoms. The van der Waals surface area contributed by atoms with E-state index in [0.717, 1.165) is 11.3 Å². The van der Waals surface area contributed by atoms with E-state index in [2.05, 4.69) is 15.2 Å². The summed E-state index contributed by atoms with van der Waals surface area (Å²) < 4.78 is 41.5. The molecule has 0 aliphatic rings. The van der Waals surface area contributed by atoms with Gasteiger partial charge in [0.05, 0.1) is 5.69 Å².